The highest BCUT2D eigenvalue weighted by atomic mass is 35.5. The molecule has 0 saturated heterocycles. The first-order valence-electron chi connectivity index (χ1n) is 7.19. The van der Waals surface area contributed by atoms with Gasteiger partial charge in [-0.15, -0.1) is 0 Å². The number of hydrogen-bond acceptors (Lipinski definition) is 4. The van der Waals surface area contributed by atoms with Crippen molar-refractivity contribution >= 4 is 46.0 Å². The summed E-state index contributed by atoms with van der Waals surface area (Å²) in [6.07, 6.45) is 0. The summed E-state index contributed by atoms with van der Waals surface area (Å²) in [4.78, 5) is 4.55. The Morgan fingerprint density at radius 2 is 2.00 bits per heavy atom. The van der Waals surface area contributed by atoms with Gasteiger partial charge in [0.2, 0.25) is 5.95 Å². The van der Waals surface area contributed by atoms with Gasteiger partial charge in [-0.2, -0.15) is 5.26 Å². The Morgan fingerprint density at radius 3 is 2.75 bits per heavy atom. The maximum absolute atomic E-state index is 9.64. The molecule has 1 aliphatic heterocycles. The predicted molar refractivity (Wildman–Crippen MR) is 95.6 cm³/mol. The number of aromatic nitrogens is 2. The molecule has 2 heterocycles. The summed E-state index contributed by atoms with van der Waals surface area (Å²) in [5.74, 6) is 0.916. The number of halogens is 2. The van der Waals surface area contributed by atoms with Crippen molar-refractivity contribution in [2.75, 3.05) is 5.32 Å². The Labute approximate surface area is 147 Å². The maximum Gasteiger partial charge on any atom is 0.210 e. The number of anilines is 1. The van der Waals surface area contributed by atoms with E-state index in [1.165, 1.54) is 0 Å². The van der Waals surface area contributed by atoms with E-state index < -0.39 is 6.04 Å². The average molecular weight is 356 g/mol. The van der Waals surface area contributed by atoms with E-state index in [1.54, 1.807) is 22.8 Å². The summed E-state index contributed by atoms with van der Waals surface area (Å²) in [7, 11) is 0. The molecule has 24 heavy (non-hydrogen) atoms. The summed E-state index contributed by atoms with van der Waals surface area (Å²) in [6, 6.07) is 14.5. The second-order valence-corrected chi connectivity index (χ2v) is 6.26. The third-order valence-electron chi connectivity index (χ3n) is 4.03. The third kappa shape index (κ3) is 2.12. The van der Waals surface area contributed by atoms with Gasteiger partial charge in [-0.25, -0.2) is 4.98 Å². The summed E-state index contributed by atoms with van der Waals surface area (Å²) in [6.45, 7) is 0. The lowest BCUT2D eigenvalue weighted by molar-refractivity contribution is 0.857. The van der Waals surface area contributed by atoms with E-state index in [2.05, 4.69) is 16.4 Å². The van der Waals surface area contributed by atoms with Gasteiger partial charge < -0.3 is 11.1 Å². The molecule has 0 bridgehead atoms. The van der Waals surface area contributed by atoms with Crippen molar-refractivity contribution < 1.29 is 0 Å². The number of imidazole rings is 1. The molecule has 0 spiro atoms. The lowest BCUT2D eigenvalue weighted by Crippen LogP contribution is -2.26. The highest BCUT2D eigenvalue weighted by Gasteiger charge is 2.30. The topological polar surface area (TPSA) is 79.7 Å². The standard InChI is InChI=1S/C17H11Cl2N5/c18-9-5-6-10(12(19)7-9)15-11(8-20)16(21)24-14-4-2-1-3-13(14)22-17(24)23-15/h1-7,15H,21H2,(H,22,23)/t15-/m0/s1. The summed E-state index contributed by atoms with van der Waals surface area (Å²) in [5.41, 5.74) is 9.03. The van der Waals surface area contributed by atoms with Crippen molar-refractivity contribution in [1.82, 2.24) is 9.55 Å². The molecular weight excluding hydrogens is 345 g/mol. The molecule has 1 aromatic heterocycles. The third-order valence-corrected chi connectivity index (χ3v) is 4.60. The second kappa shape index (κ2) is 5.45. The molecule has 7 heteroatoms. The molecule has 4 rings (SSSR count). The number of benzene rings is 2. The van der Waals surface area contributed by atoms with Crippen LogP contribution in [0.4, 0.5) is 5.95 Å². The lowest BCUT2D eigenvalue weighted by atomic mass is 9.98. The zero-order valence-corrected chi connectivity index (χ0v) is 13.8. The van der Waals surface area contributed by atoms with E-state index in [0.29, 0.717) is 27.4 Å². The molecule has 5 nitrogen and oxygen atoms in total. The molecule has 2 aromatic carbocycles. The summed E-state index contributed by atoms with van der Waals surface area (Å²) in [5, 5.41) is 13.9. The van der Waals surface area contributed by atoms with Crippen LogP contribution in [0.5, 0.6) is 0 Å². The first-order valence-corrected chi connectivity index (χ1v) is 7.95. The van der Waals surface area contributed by atoms with Gasteiger partial charge in [0.1, 0.15) is 11.9 Å². The minimum absolute atomic E-state index is 0.343. The quantitative estimate of drug-likeness (QED) is 0.686. The Balaban J connectivity index is 1.94. The van der Waals surface area contributed by atoms with Crippen LogP contribution in [-0.2, 0) is 0 Å². The molecule has 0 saturated carbocycles. The van der Waals surface area contributed by atoms with E-state index >= 15 is 0 Å². The molecule has 0 fully saturated rings. The number of nitriles is 1. The van der Waals surface area contributed by atoms with Gasteiger partial charge in [0.05, 0.1) is 22.6 Å². The number of hydrogen-bond donors (Lipinski definition) is 2. The van der Waals surface area contributed by atoms with E-state index in [-0.39, 0.29) is 0 Å². The number of nitrogens with zero attached hydrogens (tertiary/aromatic N) is 3. The van der Waals surface area contributed by atoms with Gasteiger partial charge in [0, 0.05) is 10.0 Å². The number of rotatable bonds is 1. The zero-order valence-electron chi connectivity index (χ0n) is 12.3. The predicted octanol–water partition coefficient (Wildman–Crippen LogP) is 4.16. The van der Waals surface area contributed by atoms with Crippen LogP contribution in [0.25, 0.3) is 16.9 Å². The van der Waals surface area contributed by atoms with Crippen molar-refractivity contribution in [1.29, 1.82) is 5.26 Å². The highest BCUT2D eigenvalue weighted by Crippen LogP contribution is 2.39. The van der Waals surface area contributed by atoms with Crippen LogP contribution >= 0.6 is 23.2 Å². The fourth-order valence-electron chi connectivity index (χ4n) is 2.93. The van der Waals surface area contributed by atoms with Crippen LogP contribution < -0.4 is 11.1 Å². The lowest BCUT2D eigenvalue weighted by Gasteiger charge is -2.27. The maximum atomic E-state index is 9.64. The molecule has 0 radical (unpaired) electrons. The van der Waals surface area contributed by atoms with Gasteiger partial charge in [-0.05, 0) is 29.8 Å². The average Bonchev–Trinajstić information content (AvgIpc) is 2.93. The van der Waals surface area contributed by atoms with Crippen molar-refractivity contribution in [3.8, 4) is 6.07 Å². The van der Waals surface area contributed by atoms with Crippen LogP contribution in [-0.4, -0.2) is 9.55 Å². The van der Waals surface area contributed by atoms with Crippen molar-refractivity contribution in [2.24, 2.45) is 5.73 Å². The van der Waals surface area contributed by atoms with E-state index in [1.807, 2.05) is 24.3 Å². The van der Waals surface area contributed by atoms with Crippen LogP contribution in [0.15, 0.2) is 48.0 Å². The van der Waals surface area contributed by atoms with E-state index in [0.717, 1.165) is 16.6 Å². The number of para-hydroxylation sites is 2. The van der Waals surface area contributed by atoms with Crippen molar-refractivity contribution in [2.45, 2.75) is 6.04 Å². The van der Waals surface area contributed by atoms with Crippen LogP contribution in [0.1, 0.15) is 11.6 Å². The van der Waals surface area contributed by atoms with Gasteiger partial charge in [-0.3, -0.25) is 4.57 Å². The van der Waals surface area contributed by atoms with Gasteiger partial charge >= 0.3 is 0 Å². The molecule has 0 unspecified atom stereocenters. The SMILES string of the molecule is N#CC1=C(N)n2c(nc3ccccc32)N[C@H]1c1ccc(Cl)cc1Cl. The van der Waals surface area contributed by atoms with Crippen LogP contribution in [0.2, 0.25) is 10.0 Å². The molecule has 118 valence electrons. The molecule has 1 aliphatic rings. The number of fused-ring (bicyclic) bond motifs is 3. The van der Waals surface area contributed by atoms with Gasteiger partial charge in [0.15, 0.2) is 0 Å². The Hall–Kier alpha value is -2.68. The van der Waals surface area contributed by atoms with E-state index in [4.69, 9.17) is 28.9 Å². The molecule has 3 N–H and O–H groups in total. The van der Waals surface area contributed by atoms with E-state index in [9.17, 15) is 5.26 Å². The fraction of sp³-hybridized carbons (Fsp3) is 0.0588. The first kappa shape index (κ1) is 14.9. The Bertz CT molecular complexity index is 1040. The van der Waals surface area contributed by atoms with Crippen molar-refractivity contribution in [3.63, 3.8) is 0 Å². The minimum Gasteiger partial charge on any atom is -0.384 e. The molecule has 1 atom stereocenters. The van der Waals surface area contributed by atoms with Gasteiger partial charge in [0.25, 0.3) is 0 Å². The monoisotopic (exact) mass is 355 g/mol. The highest BCUT2D eigenvalue weighted by molar-refractivity contribution is 6.35. The molecular formula is C17H11Cl2N5. The Kier molecular flexibility index (Phi) is 3.38. The summed E-state index contributed by atoms with van der Waals surface area (Å²) >= 11 is 12.3. The van der Waals surface area contributed by atoms with Crippen molar-refractivity contribution in [3.05, 3.63) is 63.6 Å². The molecule has 3 aromatic rings. The summed E-state index contributed by atoms with van der Waals surface area (Å²) < 4.78 is 1.74. The van der Waals surface area contributed by atoms with Crippen LogP contribution in [0.3, 0.4) is 0 Å². The van der Waals surface area contributed by atoms with Gasteiger partial charge in [-0.1, -0.05) is 41.4 Å². The smallest absolute Gasteiger partial charge is 0.210 e. The molecule has 0 amide bonds. The second-order valence-electron chi connectivity index (χ2n) is 5.41. The van der Waals surface area contributed by atoms with Crippen LogP contribution in [0, 0.1) is 11.3 Å². The fourth-order valence-corrected chi connectivity index (χ4v) is 3.44. The zero-order chi connectivity index (χ0) is 16.8. The largest absolute Gasteiger partial charge is 0.384 e. The first-order chi connectivity index (χ1) is 11.6. The Morgan fingerprint density at radius 1 is 1.21 bits per heavy atom. The number of nitrogens with one attached hydrogen (secondary N) is 1. The minimum atomic E-state index is -0.482. The normalized spacial score (nSPS) is 16.6. The number of nitrogens with two attached hydrogens (primary N) is 1. The molecule has 0 aliphatic carbocycles.